The van der Waals surface area contributed by atoms with Gasteiger partial charge >= 0.3 is 5.97 Å². The molecule has 1 saturated heterocycles. The zero-order valence-electron chi connectivity index (χ0n) is 10.2. The molecule has 110 valence electrons. The number of hydroxylamine groups is 1. The summed E-state index contributed by atoms with van der Waals surface area (Å²) < 4.78 is 25.8. The Morgan fingerprint density at radius 3 is 2.65 bits per heavy atom. The molecule has 6 nitrogen and oxygen atoms in total. The van der Waals surface area contributed by atoms with Crippen LogP contribution >= 0.6 is 27.5 Å². The van der Waals surface area contributed by atoms with Gasteiger partial charge < -0.3 is 5.11 Å². The van der Waals surface area contributed by atoms with Crippen LogP contribution in [0.5, 0.6) is 0 Å². The highest BCUT2D eigenvalue weighted by molar-refractivity contribution is 9.10. The van der Waals surface area contributed by atoms with Crippen LogP contribution in [-0.4, -0.2) is 37.1 Å². The number of sulfonamides is 1. The minimum absolute atomic E-state index is 0.0454. The number of nitrogens with zero attached hydrogens (tertiary/aromatic N) is 1. The first-order valence-electron chi connectivity index (χ1n) is 5.72. The van der Waals surface area contributed by atoms with Gasteiger partial charge in [0.1, 0.15) is 0 Å². The molecule has 0 amide bonds. The molecule has 9 heteroatoms. The highest BCUT2D eigenvalue weighted by Gasteiger charge is 2.29. The molecule has 0 atom stereocenters. The lowest BCUT2D eigenvalue weighted by Gasteiger charge is -2.25. The van der Waals surface area contributed by atoms with Crippen molar-refractivity contribution in [2.75, 3.05) is 13.2 Å². The molecule has 1 aromatic rings. The van der Waals surface area contributed by atoms with E-state index in [1.807, 2.05) is 0 Å². The third-order valence-corrected chi connectivity index (χ3v) is 5.68. The molecule has 1 aliphatic rings. The summed E-state index contributed by atoms with van der Waals surface area (Å²) in [6.07, 6.45) is 1.48. The van der Waals surface area contributed by atoms with Gasteiger partial charge in [-0.05, 0) is 40.9 Å². The Labute approximate surface area is 129 Å². The van der Waals surface area contributed by atoms with E-state index in [0.717, 1.165) is 17.0 Å². The van der Waals surface area contributed by atoms with E-state index in [4.69, 9.17) is 21.5 Å². The summed E-state index contributed by atoms with van der Waals surface area (Å²) in [4.78, 5) is 16.0. The van der Waals surface area contributed by atoms with Crippen molar-refractivity contribution in [2.24, 2.45) is 0 Å². The molecular formula is C11H11BrClNO5S. The molecule has 0 spiro atoms. The number of carboxylic acids is 1. The molecule has 0 unspecified atom stereocenters. The van der Waals surface area contributed by atoms with Crippen LogP contribution in [0, 0.1) is 0 Å². The SMILES string of the molecule is O=C(O)c1cc(S(=O)(=O)N2CCCCO2)cc(Br)c1Cl. The van der Waals surface area contributed by atoms with Crippen LogP contribution in [0.1, 0.15) is 23.2 Å². The summed E-state index contributed by atoms with van der Waals surface area (Å²) in [5.74, 6) is -1.30. The Balaban J connectivity index is 2.49. The van der Waals surface area contributed by atoms with E-state index in [-0.39, 0.29) is 26.5 Å². The Hall–Kier alpha value is -0.670. The Morgan fingerprint density at radius 2 is 2.10 bits per heavy atom. The molecule has 0 saturated carbocycles. The fraction of sp³-hybridized carbons (Fsp3) is 0.364. The van der Waals surface area contributed by atoms with Crippen LogP contribution < -0.4 is 0 Å². The standard InChI is InChI=1S/C11H11BrClNO5S/c12-9-6-7(5-8(10(9)13)11(15)16)20(17,18)14-3-1-2-4-19-14/h5-6H,1-4H2,(H,15,16). The van der Waals surface area contributed by atoms with Gasteiger partial charge in [0.2, 0.25) is 0 Å². The Bertz CT molecular complexity index is 642. The number of hydrogen-bond donors (Lipinski definition) is 1. The van der Waals surface area contributed by atoms with Crippen LogP contribution in [0.4, 0.5) is 0 Å². The highest BCUT2D eigenvalue weighted by atomic mass is 79.9. The minimum atomic E-state index is -3.90. The van der Waals surface area contributed by atoms with E-state index in [2.05, 4.69) is 15.9 Å². The average Bonchev–Trinajstić information content (AvgIpc) is 2.42. The molecule has 20 heavy (non-hydrogen) atoms. The van der Waals surface area contributed by atoms with Crippen molar-refractivity contribution in [1.29, 1.82) is 0 Å². The van der Waals surface area contributed by atoms with Gasteiger partial charge in [0.15, 0.2) is 0 Å². The third-order valence-electron chi connectivity index (χ3n) is 2.77. The van der Waals surface area contributed by atoms with Crippen LogP contribution in [0.3, 0.4) is 0 Å². The summed E-state index contributed by atoms with van der Waals surface area (Å²) in [6.45, 7) is 0.560. The number of halogens is 2. The fourth-order valence-corrected chi connectivity index (χ4v) is 3.90. The topological polar surface area (TPSA) is 83.9 Å². The molecule has 1 aliphatic heterocycles. The van der Waals surface area contributed by atoms with E-state index >= 15 is 0 Å². The van der Waals surface area contributed by atoms with E-state index in [1.165, 1.54) is 6.07 Å². The molecule has 1 heterocycles. The molecule has 0 bridgehead atoms. The van der Waals surface area contributed by atoms with Crippen molar-refractivity contribution >= 4 is 43.5 Å². The zero-order valence-corrected chi connectivity index (χ0v) is 13.3. The molecule has 0 radical (unpaired) electrons. The number of benzene rings is 1. The van der Waals surface area contributed by atoms with Crippen LogP contribution in [0.2, 0.25) is 5.02 Å². The van der Waals surface area contributed by atoms with Crippen molar-refractivity contribution in [3.8, 4) is 0 Å². The smallest absolute Gasteiger partial charge is 0.337 e. The minimum Gasteiger partial charge on any atom is -0.478 e. The maximum Gasteiger partial charge on any atom is 0.337 e. The first-order valence-corrected chi connectivity index (χ1v) is 8.33. The second kappa shape index (κ2) is 5.98. The summed E-state index contributed by atoms with van der Waals surface area (Å²) in [7, 11) is -3.90. The summed E-state index contributed by atoms with van der Waals surface area (Å²) >= 11 is 8.89. The fourth-order valence-electron chi connectivity index (χ4n) is 1.75. The van der Waals surface area contributed by atoms with Crippen molar-refractivity contribution in [3.05, 3.63) is 27.2 Å². The number of rotatable bonds is 3. The van der Waals surface area contributed by atoms with Gasteiger partial charge in [0, 0.05) is 11.0 Å². The van der Waals surface area contributed by atoms with Crippen molar-refractivity contribution in [3.63, 3.8) is 0 Å². The summed E-state index contributed by atoms with van der Waals surface area (Å²) in [6, 6.07) is 2.30. The normalized spacial score (nSPS) is 17.1. The average molecular weight is 385 g/mol. The van der Waals surface area contributed by atoms with Crippen molar-refractivity contribution in [1.82, 2.24) is 4.47 Å². The molecule has 0 aromatic heterocycles. The number of carbonyl (C=O) groups is 1. The monoisotopic (exact) mass is 383 g/mol. The van der Waals surface area contributed by atoms with Crippen LogP contribution in [0.15, 0.2) is 21.5 Å². The maximum absolute atomic E-state index is 12.4. The van der Waals surface area contributed by atoms with Crippen LogP contribution in [-0.2, 0) is 14.9 Å². The second-order valence-corrected chi connectivity index (χ2v) is 7.20. The van der Waals surface area contributed by atoms with Gasteiger partial charge in [-0.3, -0.25) is 4.84 Å². The largest absolute Gasteiger partial charge is 0.478 e. The lowest BCUT2D eigenvalue weighted by molar-refractivity contribution is -0.108. The van der Waals surface area contributed by atoms with Gasteiger partial charge in [0.05, 0.1) is 22.1 Å². The number of carboxylic acid groups (broad SMARTS) is 1. The number of hydrogen-bond acceptors (Lipinski definition) is 4. The predicted molar refractivity (Wildman–Crippen MR) is 75.2 cm³/mol. The lowest BCUT2D eigenvalue weighted by atomic mass is 10.2. The molecule has 0 aliphatic carbocycles. The van der Waals surface area contributed by atoms with Gasteiger partial charge in [-0.1, -0.05) is 16.1 Å². The summed E-state index contributed by atoms with van der Waals surface area (Å²) in [5, 5.41) is 9.00. The summed E-state index contributed by atoms with van der Waals surface area (Å²) in [5.41, 5.74) is -0.281. The van der Waals surface area contributed by atoms with Gasteiger partial charge in [-0.15, -0.1) is 0 Å². The Kier molecular flexibility index (Phi) is 4.70. The number of aromatic carboxylic acids is 1. The van der Waals surface area contributed by atoms with E-state index in [0.29, 0.717) is 13.0 Å². The lowest BCUT2D eigenvalue weighted by Crippen LogP contribution is -2.35. The molecular weight excluding hydrogens is 374 g/mol. The van der Waals surface area contributed by atoms with Crippen LogP contribution in [0.25, 0.3) is 0 Å². The molecule has 1 aromatic carbocycles. The predicted octanol–water partition coefficient (Wildman–Crippen LogP) is 2.52. The zero-order chi connectivity index (χ0) is 14.9. The first-order chi connectivity index (χ1) is 9.34. The molecule has 1 fully saturated rings. The van der Waals surface area contributed by atoms with E-state index < -0.39 is 16.0 Å². The highest BCUT2D eigenvalue weighted by Crippen LogP contribution is 2.31. The van der Waals surface area contributed by atoms with Gasteiger partial charge in [-0.2, -0.15) is 0 Å². The van der Waals surface area contributed by atoms with Crippen molar-refractivity contribution < 1.29 is 23.2 Å². The van der Waals surface area contributed by atoms with E-state index in [9.17, 15) is 13.2 Å². The van der Waals surface area contributed by atoms with Gasteiger partial charge in [0.25, 0.3) is 10.0 Å². The molecule has 1 N–H and O–H groups in total. The quantitative estimate of drug-likeness (QED) is 0.865. The maximum atomic E-state index is 12.4. The second-order valence-electron chi connectivity index (χ2n) is 4.14. The first kappa shape index (κ1) is 15.7. The molecule has 2 rings (SSSR count). The third kappa shape index (κ3) is 2.99. The van der Waals surface area contributed by atoms with Gasteiger partial charge in [-0.25, -0.2) is 13.2 Å². The van der Waals surface area contributed by atoms with E-state index in [1.54, 1.807) is 0 Å². The van der Waals surface area contributed by atoms with Crippen molar-refractivity contribution in [2.45, 2.75) is 17.7 Å². The Morgan fingerprint density at radius 1 is 1.40 bits per heavy atom.